The maximum atomic E-state index is 4.33. The first kappa shape index (κ1) is 9.54. The van der Waals surface area contributed by atoms with Crippen LogP contribution < -0.4 is 5.32 Å². The van der Waals surface area contributed by atoms with E-state index < -0.39 is 0 Å². The smallest absolute Gasteiger partial charge is 0.133 e. The Bertz CT molecular complexity index is 547. The topological polar surface area (TPSA) is 24.9 Å². The standard InChI is InChI=1S/C13H12N2/c1-3-6-10-9-15-13(14-2)12-8-5-4-7-11(10)12/h4-5,7-9H,1-2H3,(H,14,15). The lowest BCUT2D eigenvalue weighted by Gasteiger charge is -2.05. The van der Waals surface area contributed by atoms with Crippen molar-refractivity contribution in [3.05, 3.63) is 36.0 Å². The number of nitrogens with zero attached hydrogens (tertiary/aromatic N) is 1. The second-order valence-electron chi connectivity index (χ2n) is 3.19. The average Bonchev–Trinajstić information content (AvgIpc) is 2.30. The van der Waals surface area contributed by atoms with E-state index in [1.54, 1.807) is 0 Å². The molecular weight excluding hydrogens is 184 g/mol. The van der Waals surface area contributed by atoms with Gasteiger partial charge in [-0.25, -0.2) is 4.98 Å². The van der Waals surface area contributed by atoms with Gasteiger partial charge in [0.2, 0.25) is 0 Å². The van der Waals surface area contributed by atoms with Crippen LogP contribution in [-0.2, 0) is 0 Å². The zero-order valence-electron chi connectivity index (χ0n) is 8.83. The second kappa shape index (κ2) is 4.02. The first-order chi connectivity index (χ1) is 7.36. The van der Waals surface area contributed by atoms with Crippen LogP contribution in [0.2, 0.25) is 0 Å². The summed E-state index contributed by atoms with van der Waals surface area (Å²) in [5, 5.41) is 5.34. The molecule has 2 heteroatoms. The summed E-state index contributed by atoms with van der Waals surface area (Å²) in [7, 11) is 1.87. The lowest BCUT2D eigenvalue weighted by molar-refractivity contribution is 1.31. The molecular formula is C13H12N2. The molecule has 15 heavy (non-hydrogen) atoms. The average molecular weight is 196 g/mol. The van der Waals surface area contributed by atoms with Gasteiger partial charge in [0.1, 0.15) is 5.82 Å². The fourth-order valence-electron chi connectivity index (χ4n) is 1.63. The first-order valence-corrected chi connectivity index (χ1v) is 4.85. The molecule has 0 aliphatic heterocycles. The summed E-state index contributed by atoms with van der Waals surface area (Å²) >= 11 is 0. The highest BCUT2D eigenvalue weighted by Crippen LogP contribution is 2.23. The van der Waals surface area contributed by atoms with Gasteiger partial charge < -0.3 is 5.32 Å². The van der Waals surface area contributed by atoms with E-state index in [9.17, 15) is 0 Å². The predicted octanol–water partition coefficient (Wildman–Crippen LogP) is 2.65. The van der Waals surface area contributed by atoms with E-state index in [1.807, 2.05) is 32.3 Å². The Balaban J connectivity index is 2.81. The molecule has 2 rings (SSSR count). The molecule has 1 heterocycles. The van der Waals surface area contributed by atoms with Crippen LogP contribution in [0.1, 0.15) is 12.5 Å². The van der Waals surface area contributed by atoms with Crippen LogP contribution in [0.3, 0.4) is 0 Å². The fraction of sp³-hybridized carbons (Fsp3) is 0.154. The van der Waals surface area contributed by atoms with Crippen molar-refractivity contribution in [2.24, 2.45) is 0 Å². The number of benzene rings is 1. The van der Waals surface area contributed by atoms with E-state index in [1.165, 1.54) is 0 Å². The van der Waals surface area contributed by atoms with Gasteiger partial charge in [0.25, 0.3) is 0 Å². The maximum absolute atomic E-state index is 4.33. The van der Waals surface area contributed by atoms with Gasteiger partial charge >= 0.3 is 0 Å². The van der Waals surface area contributed by atoms with Crippen LogP contribution >= 0.6 is 0 Å². The Morgan fingerprint density at radius 3 is 2.60 bits per heavy atom. The lowest BCUT2D eigenvalue weighted by Crippen LogP contribution is -1.94. The summed E-state index contributed by atoms with van der Waals surface area (Å²) < 4.78 is 0. The fourth-order valence-corrected chi connectivity index (χ4v) is 1.63. The van der Waals surface area contributed by atoms with Gasteiger partial charge in [-0.1, -0.05) is 30.2 Å². The molecule has 1 aromatic carbocycles. The first-order valence-electron chi connectivity index (χ1n) is 4.85. The number of pyridine rings is 1. The van der Waals surface area contributed by atoms with Crippen molar-refractivity contribution in [1.82, 2.24) is 4.98 Å². The third kappa shape index (κ3) is 1.64. The number of hydrogen-bond acceptors (Lipinski definition) is 2. The van der Waals surface area contributed by atoms with Crippen LogP contribution in [0.15, 0.2) is 30.5 Å². The Morgan fingerprint density at radius 1 is 1.20 bits per heavy atom. The number of anilines is 1. The molecule has 0 spiro atoms. The van der Waals surface area contributed by atoms with Gasteiger partial charge in [-0.15, -0.1) is 5.92 Å². The van der Waals surface area contributed by atoms with Crippen molar-refractivity contribution in [1.29, 1.82) is 0 Å². The van der Waals surface area contributed by atoms with Crippen molar-refractivity contribution in [2.45, 2.75) is 6.92 Å². The molecule has 0 saturated carbocycles. The highest BCUT2D eigenvalue weighted by molar-refractivity contribution is 5.95. The Kier molecular flexibility index (Phi) is 2.55. The molecule has 0 bridgehead atoms. The summed E-state index contributed by atoms with van der Waals surface area (Å²) in [6, 6.07) is 8.14. The third-order valence-corrected chi connectivity index (χ3v) is 2.29. The summed E-state index contributed by atoms with van der Waals surface area (Å²) in [6.45, 7) is 1.83. The minimum absolute atomic E-state index is 0.896. The molecule has 0 saturated heterocycles. The SMILES string of the molecule is CC#Cc1cnc(NC)c2ccccc12. The van der Waals surface area contributed by atoms with E-state index in [4.69, 9.17) is 0 Å². The van der Waals surface area contributed by atoms with Crippen LogP contribution in [0.4, 0.5) is 5.82 Å². The number of rotatable bonds is 1. The van der Waals surface area contributed by atoms with Crippen LogP contribution in [0.25, 0.3) is 10.8 Å². The van der Waals surface area contributed by atoms with Crippen molar-refractivity contribution in [3.63, 3.8) is 0 Å². The Hall–Kier alpha value is -2.01. The molecule has 1 N–H and O–H groups in total. The van der Waals surface area contributed by atoms with Gasteiger partial charge in [-0.3, -0.25) is 0 Å². The maximum Gasteiger partial charge on any atom is 0.133 e. The summed E-state index contributed by atoms with van der Waals surface area (Å²) in [5.74, 6) is 6.86. The molecule has 0 atom stereocenters. The van der Waals surface area contributed by atoms with Crippen molar-refractivity contribution in [2.75, 3.05) is 12.4 Å². The molecule has 2 aromatic rings. The van der Waals surface area contributed by atoms with Gasteiger partial charge in [0.05, 0.1) is 5.56 Å². The lowest BCUT2D eigenvalue weighted by atomic mass is 10.1. The van der Waals surface area contributed by atoms with E-state index >= 15 is 0 Å². The van der Waals surface area contributed by atoms with Crippen molar-refractivity contribution < 1.29 is 0 Å². The minimum atomic E-state index is 0.896. The second-order valence-corrected chi connectivity index (χ2v) is 3.19. The molecule has 0 aliphatic carbocycles. The van der Waals surface area contributed by atoms with E-state index in [0.717, 1.165) is 22.2 Å². The van der Waals surface area contributed by atoms with Crippen LogP contribution in [0, 0.1) is 11.8 Å². The molecule has 0 radical (unpaired) electrons. The monoisotopic (exact) mass is 196 g/mol. The molecule has 2 nitrogen and oxygen atoms in total. The summed E-state index contributed by atoms with van der Waals surface area (Å²) in [4.78, 5) is 4.33. The number of fused-ring (bicyclic) bond motifs is 1. The van der Waals surface area contributed by atoms with E-state index in [0.29, 0.717) is 0 Å². The zero-order chi connectivity index (χ0) is 10.7. The van der Waals surface area contributed by atoms with Crippen molar-refractivity contribution in [3.8, 4) is 11.8 Å². The molecule has 74 valence electrons. The van der Waals surface area contributed by atoms with Crippen molar-refractivity contribution >= 4 is 16.6 Å². The number of aromatic nitrogens is 1. The quantitative estimate of drug-likeness (QED) is 0.709. The number of hydrogen-bond donors (Lipinski definition) is 1. The predicted molar refractivity (Wildman–Crippen MR) is 63.8 cm³/mol. The molecule has 1 aromatic heterocycles. The van der Waals surface area contributed by atoms with Gasteiger partial charge in [0.15, 0.2) is 0 Å². The van der Waals surface area contributed by atoms with Gasteiger partial charge in [-0.05, 0) is 6.92 Å². The van der Waals surface area contributed by atoms with E-state index in [2.05, 4.69) is 34.3 Å². The molecule has 0 amide bonds. The molecule has 0 unspecified atom stereocenters. The zero-order valence-corrected chi connectivity index (χ0v) is 8.83. The Morgan fingerprint density at radius 2 is 1.93 bits per heavy atom. The minimum Gasteiger partial charge on any atom is -0.373 e. The van der Waals surface area contributed by atoms with Crippen LogP contribution in [0.5, 0.6) is 0 Å². The highest BCUT2D eigenvalue weighted by atomic mass is 15.0. The third-order valence-electron chi connectivity index (χ3n) is 2.29. The molecule has 0 aliphatic rings. The summed E-state index contributed by atoms with van der Waals surface area (Å²) in [6.07, 6.45) is 1.81. The van der Waals surface area contributed by atoms with E-state index in [-0.39, 0.29) is 0 Å². The highest BCUT2D eigenvalue weighted by Gasteiger charge is 2.03. The summed E-state index contributed by atoms with van der Waals surface area (Å²) in [5.41, 5.74) is 0.979. The van der Waals surface area contributed by atoms with Crippen LogP contribution in [-0.4, -0.2) is 12.0 Å². The number of nitrogens with one attached hydrogen (secondary N) is 1. The largest absolute Gasteiger partial charge is 0.373 e. The Labute approximate surface area is 89.3 Å². The normalized spacial score (nSPS) is 9.47. The molecule has 0 fully saturated rings. The van der Waals surface area contributed by atoms with Gasteiger partial charge in [-0.2, -0.15) is 0 Å². The van der Waals surface area contributed by atoms with Gasteiger partial charge in [0, 0.05) is 24.0 Å².